The Hall–Kier alpha value is -0.570. The van der Waals surface area contributed by atoms with Crippen molar-refractivity contribution in [3.63, 3.8) is 0 Å². The Labute approximate surface area is 233 Å². The molecular weight excluding hydrogens is 452 g/mol. The summed E-state index contributed by atoms with van der Waals surface area (Å²) < 4.78 is 0. The largest absolute Gasteiger partial charge is 0.353 e. The summed E-state index contributed by atoms with van der Waals surface area (Å²) in [6.07, 6.45) is 33.5. The molecule has 0 aromatic heterocycles. The fraction of sp³-hybridized carbons (Fsp3) is 0.971. The molecule has 1 rings (SSSR count). The highest BCUT2D eigenvalue weighted by Gasteiger charge is 2.34. The summed E-state index contributed by atoms with van der Waals surface area (Å²) >= 11 is 0. The number of nitrogens with zero attached hydrogens (tertiary/aromatic N) is 1. The summed E-state index contributed by atoms with van der Waals surface area (Å²) in [5.74, 6) is 2.43. The van der Waals surface area contributed by atoms with E-state index in [0.717, 1.165) is 24.8 Å². The summed E-state index contributed by atoms with van der Waals surface area (Å²) in [7, 11) is 4.17. The quantitative estimate of drug-likeness (QED) is 0.104. The van der Waals surface area contributed by atoms with Gasteiger partial charge in [-0.15, -0.1) is 0 Å². The Balaban J connectivity index is 2.09. The Morgan fingerprint density at radius 3 is 1.54 bits per heavy atom. The van der Waals surface area contributed by atoms with Gasteiger partial charge in [-0.25, -0.2) is 0 Å². The van der Waals surface area contributed by atoms with Crippen LogP contribution >= 0.6 is 0 Å². The summed E-state index contributed by atoms with van der Waals surface area (Å²) in [4.78, 5) is 14.7. The lowest BCUT2D eigenvalue weighted by molar-refractivity contribution is -0.122. The number of amides is 1. The van der Waals surface area contributed by atoms with Crippen LogP contribution in [0.3, 0.4) is 0 Å². The van der Waals surface area contributed by atoms with Gasteiger partial charge in [0.1, 0.15) is 0 Å². The molecule has 0 heterocycles. The average Bonchev–Trinajstić information content (AvgIpc) is 3.62. The first-order chi connectivity index (χ1) is 18.1. The van der Waals surface area contributed by atoms with E-state index in [4.69, 9.17) is 0 Å². The molecule has 0 unspecified atom stereocenters. The molecule has 220 valence electrons. The van der Waals surface area contributed by atoms with Gasteiger partial charge < -0.3 is 10.2 Å². The second-order valence-electron chi connectivity index (χ2n) is 12.7. The maximum Gasteiger partial charge on any atom is 0.220 e. The standard InChI is InChI=1S/C34H68N2O/c1-5-7-9-11-13-17-21-26-33(35-34(37)28-23-29-36(3)4)27-22-18-14-16-20-25-32-30-31(32)24-19-15-12-10-8-6-2/h31-33H,5-30H2,1-4H3,(H,35,37)/t31-,32+,33-/m1/s1. The van der Waals surface area contributed by atoms with Gasteiger partial charge in [0.25, 0.3) is 0 Å². The molecule has 3 atom stereocenters. The second-order valence-corrected chi connectivity index (χ2v) is 12.7. The van der Waals surface area contributed by atoms with Crippen LogP contribution in [0.4, 0.5) is 0 Å². The first kappa shape index (κ1) is 34.5. The number of hydrogen-bond donors (Lipinski definition) is 1. The normalized spacial score (nSPS) is 17.9. The van der Waals surface area contributed by atoms with E-state index in [9.17, 15) is 4.79 Å². The molecule has 0 aliphatic heterocycles. The van der Waals surface area contributed by atoms with E-state index in [1.54, 1.807) is 0 Å². The highest BCUT2D eigenvalue weighted by atomic mass is 16.1. The van der Waals surface area contributed by atoms with Crippen molar-refractivity contribution in [1.29, 1.82) is 0 Å². The summed E-state index contributed by atoms with van der Waals surface area (Å²) in [6.45, 7) is 5.58. The van der Waals surface area contributed by atoms with Crippen molar-refractivity contribution < 1.29 is 4.79 Å². The highest BCUT2D eigenvalue weighted by molar-refractivity contribution is 5.76. The lowest BCUT2D eigenvalue weighted by Crippen LogP contribution is -2.35. The van der Waals surface area contributed by atoms with Gasteiger partial charge in [0, 0.05) is 12.5 Å². The van der Waals surface area contributed by atoms with Gasteiger partial charge in [-0.1, -0.05) is 142 Å². The second kappa shape index (κ2) is 24.5. The molecule has 37 heavy (non-hydrogen) atoms. The van der Waals surface area contributed by atoms with Crippen molar-refractivity contribution >= 4 is 5.91 Å². The van der Waals surface area contributed by atoms with Gasteiger partial charge in [0.2, 0.25) is 5.91 Å². The number of rotatable bonds is 28. The highest BCUT2D eigenvalue weighted by Crippen LogP contribution is 2.45. The number of unbranched alkanes of at least 4 members (excludes halogenated alkanes) is 15. The van der Waals surface area contributed by atoms with Crippen molar-refractivity contribution in [2.75, 3.05) is 20.6 Å². The number of hydrogen-bond acceptors (Lipinski definition) is 2. The zero-order valence-electron chi connectivity index (χ0n) is 26.0. The van der Waals surface area contributed by atoms with Crippen LogP contribution in [-0.4, -0.2) is 37.5 Å². The average molecular weight is 521 g/mol. The zero-order chi connectivity index (χ0) is 27.0. The minimum Gasteiger partial charge on any atom is -0.353 e. The van der Waals surface area contributed by atoms with E-state index in [-0.39, 0.29) is 5.91 Å². The molecule has 0 spiro atoms. The molecule has 0 aromatic rings. The van der Waals surface area contributed by atoms with E-state index in [2.05, 4.69) is 38.2 Å². The molecule has 0 radical (unpaired) electrons. The van der Waals surface area contributed by atoms with Crippen LogP contribution in [0.25, 0.3) is 0 Å². The van der Waals surface area contributed by atoms with E-state index in [1.165, 1.54) is 148 Å². The Morgan fingerprint density at radius 2 is 1.08 bits per heavy atom. The van der Waals surface area contributed by atoms with Crippen molar-refractivity contribution in [3.05, 3.63) is 0 Å². The van der Waals surface area contributed by atoms with Gasteiger partial charge in [-0.05, 0) is 58.2 Å². The summed E-state index contributed by atoms with van der Waals surface area (Å²) in [5.41, 5.74) is 0. The topological polar surface area (TPSA) is 32.3 Å². The molecular formula is C34H68N2O. The molecule has 1 amide bonds. The van der Waals surface area contributed by atoms with Crippen LogP contribution in [0, 0.1) is 11.8 Å². The molecule has 0 saturated heterocycles. The van der Waals surface area contributed by atoms with Crippen LogP contribution in [0.2, 0.25) is 0 Å². The maximum atomic E-state index is 12.5. The van der Waals surface area contributed by atoms with Crippen LogP contribution in [0.1, 0.15) is 174 Å². The van der Waals surface area contributed by atoms with E-state index < -0.39 is 0 Å². The fourth-order valence-electron chi connectivity index (χ4n) is 6.02. The first-order valence-corrected chi connectivity index (χ1v) is 17.0. The molecule has 3 heteroatoms. The van der Waals surface area contributed by atoms with Gasteiger partial charge in [0.05, 0.1) is 0 Å². The monoisotopic (exact) mass is 521 g/mol. The predicted molar refractivity (Wildman–Crippen MR) is 164 cm³/mol. The van der Waals surface area contributed by atoms with Gasteiger partial charge in [-0.2, -0.15) is 0 Å². The molecule has 1 fully saturated rings. The van der Waals surface area contributed by atoms with E-state index in [1.807, 2.05) is 0 Å². The smallest absolute Gasteiger partial charge is 0.220 e. The van der Waals surface area contributed by atoms with Crippen LogP contribution in [0.5, 0.6) is 0 Å². The molecule has 3 nitrogen and oxygen atoms in total. The third-order valence-corrected chi connectivity index (χ3v) is 8.66. The molecule has 1 N–H and O–H groups in total. The molecule has 1 saturated carbocycles. The third kappa shape index (κ3) is 22.0. The summed E-state index contributed by atoms with van der Waals surface area (Å²) in [5, 5.41) is 3.41. The number of carbonyl (C=O) groups excluding carboxylic acids is 1. The van der Waals surface area contributed by atoms with E-state index >= 15 is 0 Å². The van der Waals surface area contributed by atoms with Crippen molar-refractivity contribution in [3.8, 4) is 0 Å². The SMILES string of the molecule is CCCCCCCCC[C@H](CCCCCCC[C@H]1C[C@H]1CCCCCCCC)NC(=O)CCCN(C)C. The Morgan fingerprint density at radius 1 is 0.649 bits per heavy atom. The van der Waals surface area contributed by atoms with Crippen molar-refractivity contribution in [1.82, 2.24) is 10.2 Å². The van der Waals surface area contributed by atoms with E-state index in [0.29, 0.717) is 12.5 Å². The van der Waals surface area contributed by atoms with Crippen molar-refractivity contribution in [2.24, 2.45) is 11.8 Å². The third-order valence-electron chi connectivity index (χ3n) is 8.66. The van der Waals surface area contributed by atoms with Crippen LogP contribution < -0.4 is 5.32 Å². The molecule has 1 aliphatic rings. The molecule has 1 aliphatic carbocycles. The Kier molecular flexibility index (Phi) is 22.8. The Bertz CT molecular complexity index is 506. The lowest BCUT2D eigenvalue weighted by atomic mass is 9.99. The summed E-state index contributed by atoms with van der Waals surface area (Å²) in [6, 6.07) is 0.400. The minimum absolute atomic E-state index is 0.273. The minimum atomic E-state index is 0.273. The zero-order valence-corrected chi connectivity index (χ0v) is 26.0. The van der Waals surface area contributed by atoms with Crippen LogP contribution in [-0.2, 0) is 4.79 Å². The number of carbonyl (C=O) groups is 1. The van der Waals surface area contributed by atoms with Crippen molar-refractivity contribution in [2.45, 2.75) is 180 Å². The van der Waals surface area contributed by atoms with Gasteiger partial charge in [-0.3, -0.25) is 4.79 Å². The lowest BCUT2D eigenvalue weighted by Gasteiger charge is -2.19. The van der Waals surface area contributed by atoms with Gasteiger partial charge in [0.15, 0.2) is 0 Å². The van der Waals surface area contributed by atoms with Gasteiger partial charge >= 0.3 is 0 Å². The fourth-order valence-corrected chi connectivity index (χ4v) is 6.02. The molecule has 0 bridgehead atoms. The molecule has 0 aromatic carbocycles. The number of nitrogens with one attached hydrogen (secondary N) is 1. The predicted octanol–water partition coefficient (Wildman–Crippen LogP) is 10.1. The van der Waals surface area contributed by atoms with Crippen LogP contribution in [0.15, 0.2) is 0 Å². The maximum absolute atomic E-state index is 12.5. The first-order valence-electron chi connectivity index (χ1n) is 17.0.